The molecule has 3 atom stereocenters. The van der Waals surface area contributed by atoms with Gasteiger partial charge in [-0.25, -0.2) is 10.1 Å². The minimum absolute atomic E-state index is 0.0647. The van der Waals surface area contributed by atoms with Gasteiger partial charge in [0.2, 0.25) is 5.91 Å². The number of carbonyl (C=O) groups excluding carboxylic acids is 2. The van der Waals surface area contributed by atoms with Crippen LogP contribution in [0.4, 0.5) is 0 Å². The van der Waals surface area contributed by atoms with E-state index in [1.54, 1.807) is 32.9 Å². The Morgan fingerprint density at radius 3 is 2.63 bits per heavy atom. The van der Waals surface area contributed by atoms with Crippen LogP contribution >= 0.6 is 11.6 Å². The molecule has 2 fully saturated rings. The third kappa shape index (κ3) is 5.55. The topological polar surface area (TPSA) is 141 Å². The number of ether oxygens (including phenoxy) is 1. The lowest BCUT2D eigenvalue weighted by Gasteiger charge is -2.46. The minimum Gasteiger partial charge on any atom is -0.450 e. The molecule has 2 amide bonds. The average molecular weight is 575 g/mol. The van der Waals surface area contributed by atoms with E-state index in [1.165, 1.54) is 12.1 Å². The molecule has 0 bridgehead atoms. The summed E-state index contributed by atoms with van der Waals surface area (Å²) in [7, 11) is 0. The Morgan fingerprint density at radius 1 is 1.20 bits per heavy atom. The van der Waals surface area contributed by atoms with Crippen molar-refractivity contribution < 1.29 is 14.3 Å². The predicted octanol–water partition coefficient (Wildman–Crippen LogP) is 4.77. The first-order valence-electron chi connectivity index (χ1n) is 13.6. The van der Waals surface area contributed by atoms with Crippen molar-refractivity contribution in [2.45, 2.75) is 71.0 Å². The summed E-state index contributed by atoms with van der Waals surface area (Å²) < 4.78 is 5.70. The lowest BCUT2D eigenvalue weighted by atomic mass is 9.64. The first-order valence-corrected chi connectivity index (χ1v) is 14.0. The van der Waals surface area contributed by atoms with E-state index in [4.69, 9.17) is 16.3 Å². The quantitative estimate of drug-likeness (QED) is 0.414. The third-order valence-corrected chi connectivity index (χ3v) is 8.32. The molecule has 0 radical (unpaired) electrons. The zero-order valence-corrected chi connectivity index (χ0v) is 23.9. The number of aromatic nitrogens is 3. The third-order valence-electron chi connectivity index (χ3n) is 8.08. The number of nitriles is 1. The first-order chi connectivity index (χ1) is 19.6. The highest BCUT2D eigenvalue weighted by molar-refractivity contribution is 6.30. The molecule has 0 spiro atoms. The van der Waals surface area contributed by atoms with Gasteiger partial charge in [0.05, 0.1) is 35.0 Å². The smallest absolute Gasteiger partial charge is 0.307 e. The molecule has 3 aromatic rings. The van der Waals surface area contributed by atoms with Crippen molar-refractivity contribution in [1.82, 2.24) is 25.4 Å². The molecule has 10 nitrogen and oxygen atoms in total. The van der Waals surface area contributed by atoms with Crippen molar-refractivity contribution >= 4 is 23.4 Å². The number of amides is 2. The number of H-pyrrole nitrogens is 1. The number of nitrogens with one attached hydrogen (secondary N) is 2. The standard InChI is InChI=1S/C30H31ClN6O4/c1-17-14-25(28(39)36-35-17)41-24-10-8-22(33-18(24)2)27(38)34-19(3)29(40)37-23(20-6-4-7-21(31)15-20)9-11-26(37)30(16-32)12-5-13-30/h4,6-8,10,14-15,19,23,26H,5,9,11-13H2,1-3H3,(H,34,38)(H,36,39)/t19-,23+,26?/m1/s1. The molecule has 5 rings (SSSR count). The number of aromatic amines is 1. The Balaban J connectivity index is 1.34. The summed E-state index contributed by atoms with van der Waals surface area (Å²) in [6, 6.07) is 13.1. The van der Waals surface area contributed by atoms with Crippen LogP contribution in [0.15, 0.2) is 47.3 Å². The van der Waals surface area contributed by atoms with Gasteiger partial charge in [0.15, 0.2) is 5.75 Å². The molecule has 1 saturated heterocycles. The van der Waals surface area contributed by atoms with Gasteiger partial charge in [-0.3, -0.25) is 14.4 Å². The number of nitrogens with zero attached hydrogens (tertiary/aromatic N) is 4. The summed E-state index contributed by atoms with van der Waals surface area (Å²) in [5.74, 6) is -0.397. The van der Waals surface area contributed by atoms with Crippen molar-refractivity contribution in [1.29, 1.82) is 5.26 Å². The highest BCUT2D eigenvalue weighted by Crippen LogP contribution is 2.52. The number of aryl methyl sites for hydroxylation is 2. The number of pyridine rings is 1. The van der Waals surface area contributed by atoms with Crippen LogP contribution in [-0.4, -0.2) is 44.0 Å². The van der Waals surface area contributed by atoms with Crippen LogP contribution in [-0.2, 0) is 4.79 Å². The zero-order valence-electron chi connectivity index (χ0n) is 23.1. The van der Waals surface area contributed by atoms with E-state index in [1.807, 2.05) is 23.1 Å². The Morgan fingerprint density at radius 2 is 1.98 bits per heavy atom. The Kier molecular flexibility index (Phi) is 7.82. The van der Waals surface area contributed by atoms with Crippen LogP contribution in [0, 0.1) is 30.6 Å². The van der Waals surface area contributed by atoms with Crippen LogP contribution in [0.25, 0.3) is 0 Å². The van der Waals surface area contributed by atoms with Crippen LogP contribution in [0.2, 0.25) is 5.02 Å². The van der Waals surface area contributed by atoms with E-state index < -0.39 is 22.9 Å². The molecule has 1 saturated carbocycles. The van der Waals surface area contributed by atoms with Gasteiger partial charge in [0, 0.05) is 11.1 Å². The SMILES string of the molecule is Cc1cc(Oc2ccc(C(=O)N[C@H](C)C(=O)N3C(C4(C#N)CCC4)CC[C@H]3c3cccc(Cl)c3)nc2C)c(=O)[nH]n1. The fourth-order valence-corrected chi connectivity index (χ4v) is 5.99. The molecule has 212 valence electrons. The van der Waals surface area contributed by atoms with Crippen molar-refractivity contribution in [3.8, 4) is 17.6 Å². The lowest BCUT2D eigenvalue weighted by molar-refractivity contribution is -0.139. The van der Waals surface area contributed by atoms with Gasteiger partial charge >= 0.3 is 5.56 Å². The van der Waals surface area contributed by atoms with Crippen LogP contribution < -0.4 is 15.6 Å². The highest BCUT2D eigenvalue weighted by atomic mass is 35.5. The molecule has 3 heterocycles. The van der Waals surface area contributed by atoms with E-state index in [-0.39, 0.29) is 29.4 Å². The molecule has 1 aromatic carbocycles. The summed E-state index contributed by atoms with van der Waals surface area (Å²) >= 11 is 6.28. The van der Waals surface area contributed by atoms with E-state index >= 15 is 0 Å². The number of likely N-dealkylation sites (tertiary alicyclic amines) is 1. The monoisotopic (exact) mass is 574 g/mol. The molecule has 41 heavy (non-hydrogen) atoms. The molecule has 2 aliphatic rings. The largest absolute Gasteiger partial charge is 0.450 e. The summed E-state index contributed by atoms with van der Waals surface area (Å²) in [4.78, 5) is 45.3. The second kappa shape index (κ2) is 11.3. The number of rotatable bonds is 7. The van der Waals surface area contributed by atoms with Crippen LogP contribution in [0.5, 0.6) is 11.5 Å². The minimum atomic E-state index is -0.864. The fraction of sp³-hybridized carbons (Fsp3) is 0.400. The number of hydrogen-bond donors (Lipinski definition) is 2. The lowest BCUT2D eigenvalue weighted by Crippen LogP contribution is -2.55. The Bertz CT molecular complexity index is 1590. The maximum atomic E-state index is 14.0. The summed E-state index contributed by atoms with van der Waals surface area (Å²) in [5.41, 5.74) is 0.931. The summed E-state index contributed by atoms with van der Waals surface area (Å²) in [6.07, 6.45) is 3.88. The molecule has 1 aliphatic carbocycles. The van der Waals surface area contributed by atoms with Gasteiger partial charge in [-0.2, -0.15) is 10.4 Å². The van der Waals surface area contributed by atoms with Crippen LogP contribution in [0.1, 0.15) is 72.5 Å². The van der Waals surface area contributed by atoms with Gasteiger partial charge < -0.3 is 15.0 Å². The molecule has 2 N–H and O–H groups in total. The molecule has 1 aliphatic heterocycles. The molecular weight excluding hydrogens is 544 g/mol. The normalized spacial score (nSPS) is 20.0. The second-order valence-electron chi connectivity index (χ2n) is 10.8. The number of benzene rings is 1. The van der Waals surface area contributed by atoms with E-state index in [0.29, 0.717) is 35.0 Å². The van der Waals surface area contributed by atoms with Gasteiger partial charge in [0.25, 0.3) is 5.91 Å². The molecular formula is C30H31ClN6O4. The maximum Gasteiger partial charge on any atom is 0.307 e. The van der Waals surface area contributed by atoms with Gasteiger partial charge in [0.1, 0.15) is 17.5 Å². The van der Waals surface area contributed by atoms with E-state index in [0.717, 1.165) is 24.8 Å². The number of carbonyl (C=O) groups is 2. The van der Waals surface area contributed by atoms with Crippen LogP contribution in [0.3, 0.4) is 0 Å². The second-order valence-corrected chi connectivity index (χ2v) is 11.2. The van der Waals surface area contributed by atoms with Gasteiger partial charge in [-0.1, -0.05) is 30.2 Å². The fourth-order valence-electron chi connectivity index (χ4n) is 5.79. The predicted molar refractivity (Wildman–Crippen MR) is 152 cm³/mol. The van der Waals surface area contributed by atoms with Crippen molar-refractivity contribution in [3.63, 3.8) is 0 Å². The van der Waals surface area contributed by atoms with Crippen molar-refractivity contribution in [2.75, 3.05) is 0 Å². The Labute approximate surface area is 242 Å². The molecule has 2 aromatic heterocycles. The molecule has 1 unspecified atom stereocenters. The molecule has 11 heteroatoms. The summed E-state index contributed by atoms with van der Waals surface area (Å²) in [5, 5.41) is 19.6. The Hall–Kier alpha value is -4.23. The zero-order chi connectivity index (χ0) is 29.3. The number of halogens is 1. The van der Waals surface area contributed by atoms with Gasteiger partial charge in [-0.15, -0.1) is 0 Å². The van der Waals surface area contributed by atoms with Gasteiger partial charge in [-0.05, 0) is 76.3 Å². The maximum absolute atomic E-state index is 14.0. The van der Waals surface area contributed by atoms with E-state index in [2.05, 4.69) is 26.6 Å². The summed E-state index contributed by atoms with van der Waals surface area (Å²) in [6.45, 7) is 5.03. The van der Waals surface area contributed by atoms with Crippen molar-refractivity contribution in [3.05, 3.63) is 80.5 Å². The highest BCUT2D eigenvalue weighted by Gasteiger charge is 2.53. The first kappa shape index (κ1) is 28.3. The van der Waals surface area contributed by atoms with E-state index in [9.17, 15) is 19.6 Å². The number of hydrogen-bond acceptors (Lipinski definition) is 7. The van der Waals surface area contributed by atoms with Crippen molar-refractivity contribution in [2.24, 2.45) is 5.41 Å². The average Bonchev–Trinajstić information content (AvgIpc) is 3.36.